The minimum atomic E-state index is -3.74. The summed E-state index contributed by atoms with van der Waals surface area (Å²) in [5, 5.41) is 3.28. The molecule has 0 aromatic heterocycles. The second-order valence-corrected chi connectivity index (χ2v) is 6.75. The van der Waals surface area contributed by atoms with E-state index in [0.717, 1.165) is 12.5 Å². The van der Waals surface area contributed by atoms with Gasteiger partial charge in [-0.15, -0.1) is 0 Å². The molecule has 18 heavy (non-hydrogen) atoms. The Hall–Kier alpha value is -0.870. The van der Waals surface area contributed by atoms with Crippen LogP contribution in [0.25, 0.3) is 10.4 Å². The highest BCUT2D eigenvalue weighted by atomic mass is 32.2. The highest BCUT2D eigenvalue weighted by Crippen LogP contribution is 2.13. The van der Waals surface area contributed by atoms with Gasteiger partial charge in [0, 0.05) is 4.91 Å². The van der Waals surface area contributed by atoms with Crippen LogP contribution in [0.1, 0.15) is 13.3 Å². The van der Waals surface area contributed by atoms with E-state index in [2.05, 4.69) is 14.2 Å². The number of nitrogens with zero attached hydrogens (tertiary/aromatic N) is 3. The lowest BCUT2D eigenvalue weighted by molar-refractivity contribution is 0.143. The van der Waals surface area contributed by atoms with E-state index in [1.54, 1.807) is 6.92 Å². The highest BCUT2D eigenvalue weighted by Gasteiger charge is 2.25. The maximum atomic E-state index is 11.0. The maximum Gasteiger partial charge on any atom is 0.264 e. The maximum absolute atomic E-state index is 11.0. The molecular weight excluding hydrogens is 286 g/mol. The summed E-state index contributed by atoms with van der Waals surface area (Å²) in [4.78, 5) is 2.51. The molecule has 0 aliphatic carbocycles. The smallest absolute Gasteiger partial charge is 0.264 e. The molecule has 0 amide bonds. The summed E-state index contributed by atoms with van der Waals surface area (Å²) in [5.74, 6) is 0. The van der Waals surface area contributed by atoms with E-state index in [-0.39, 0.29) is 6.42 Å². The van der Waals surface area contributed by atoms with Crippen molar-refractivity contribution in [3.05, 3.63) is 10.4 Å². The van der Waals surface area contributed by atoms with Gasteiger partial charge in [-0.05, 0) is 12.0 Å². The van der Waals surface area contributed by atoms with E-state index in [9.17, 15) is 16.8 Å². The van der Waals surface area contributed by atoms with Crippen LogP contribution in [-0.4, -0.2) is 48.1 Å². The fourth-order valence-corrected chi connectivity index (χ4v) is 2.20. The first-order chi connectivity index (χ1) is 8.09. The molecular formula is C7H15N3O6S2. The molecule has 9 nitrogen and oxygen atoms in total. The van der Waals surface area contributed by atoms with Gasteiger partial charge in [-0.2, -0.15) is 16.8 Å². The monoisotopic (exact) mass is 301 g/mol. The lowest BCUT2D eigenvalue weighted by atomic mass is 10.1. The van der Waals surface area contributed by atoms with E-state index < -0.39 is 39.0 Å². The Morgan fingerprint density at radius 2 is 1.78 bits per heavy atom. The molecule has 0 aromatic rings. The molecule has 0 aliphatic heterocycles. The van der Waals surface area contributed by atoms with E-state index in [4.69, 9.17) is 9.71 Å². The molecule has 0 radical (unpaired) electrons. The molecule has 0 N–H and O–H groups in total. The summed E-state index contributed by atoms with van der Waals surface area (Å²) in [7, 11) is -7.45. The quantitative estimate of drug-likeness (QED) is 0.275. The van der Waals surface area contributed by atoms with Gasteiger partial charge in [0.25, 0.3) is 20.2 Å². The SMILES string of the molecule is CC[C@H](OS(C)(=O)=O)[C@@H](COS(C)(=O)=O)N=[N+]=[N-]. The van der Waals surface area contributed by atoms with Crippen LogP contribution >= 0.6 is 0 Å². The summed E-state index contributed by atoms with van der Waals surface area (Å²) in [6.07, 6.45) is 0.917. The molecule has 2 atom stereocenters. The minimum absolute atomic E-state index is 0.212. The molecule has 0 saturated heterocycles. The van der Waals surface area contributed by atoms with Gasteiger partial charge in [0.2, 0.25) is 0 Å². The van der Waals surface area contributed by atoms with E-state index in [1.165, 1.54) is 0 Å². The van der Waals surface area contributed by atoms with Gasteiger partial charge >= 0.3 is 0 Å². The van der Waals surface area contributed by atoms with Gasteiger partial charge in [0.15, 0.2) is 0 Å². The Morgan fingerprint density at radius 3 is 2.11 bits per heavy atom. The van der Waals surface area contributed by atoms with Gasteiger partial charge < -0.3 is 0 Å². The second kappa shape index (κ2) is 6.90. The Balaban J connectivity index is 4.89. The van der Waals surface area contributed by atoms with Crippen molar-refractivity contribution in [1.82, 2.24) is 0 Å². The van der Waals surface area contributed by atoms with Crippen LogP contribution in [0.3, 0.4) is 0 Å². The van der Waals surface area contributed by atoms with Crippen molar-refractivity contribution < 1.29 is 25.2 Å². The summed E-state index contributed by atoms with van der Waals surface area (Å²) in [6.45, 7) is 1.13. The van der Waals surface area contributed by atoms with E-state index in [0.29, 0.717) is 0 Å². The first-order valence-corrected chi connectivity index (χ1v) is 8.49. The van der Waals surface area contributed by atoms with Crippen molar-refractivity contribution in [3.63, 3.8) is 0 Å². The highest BCUT2D eigenvalue weighted by molar-refractivity contribution is 7.86. The number of rotatable bonds is 8. The summed E-state index contributed by atoms with van der Waals surface area (Å²) >= 11 is 0. The van der Waals surface area contributed by atoms with Crippen LogP contribution in [0, 0.1) is 0 Å². The average Bonchev–Trinajstić information content (AvgIpc) is 2.18. The predicted molar refractivity (Wildman–Crippen MR) is 63.7 cm³/mol. The lowest BCUT2D eigenvalue weighted by Gasteiger charge is -2.20. The third-order valence-electron chi connectivity index (χ3n) is 1.78. The van der Waals surface area contributed by atoms with Crippen molar-refractivity contribution in [1.29, 1.82) is 0 Å². The number of azide groups is 1. The van der Waals surface area contributed by atoms with Gasteiger partial charge in [-0.3, -0.25) is 8.37 Å². The third-order valence-corrected chi connectivity index (χ3v) is 2.94. The van der Waals surface area contributed by atoms with Crippen molar-refractivity contribution in [2.75, 3.05) is 19.1 Å². The van der Waals surface area contributed by atoms with Crippen LogP contribution in [0.5, 0.6) is 0 Å². The van der Waals surface area contributed by atoms with Crippen molar-refractivity contribution >= 4 is 20.2 Å². The topological polar surface area (TPSA) is 136 Å². The summed E-state index contributed by atoms with van der Waals surface area (Å²) < 4.78 is 52.8. The molecule has 0 aliphatic rings. The summed E-state index contributed by atoms with van der Waals surface area (Å²) in [5.41, 5.74) is 8.36. The largest absolute Gasteiger partial charge is 0.270 e. The number of hydrogen-bond acceptors (Lipinski definition) is 7. The second-order valence-electron chi connectivity index (χ2n) is 3.51. The minimum Gasteiger partial charge on any atom is -0.270 e. The molecule has 0 saturated carbocycles. The zero-order valence-electron chi connectivity index (χ0n) is 10.2. The standard InChI is InChI=1S/C7H15N3O6S2/c1-4-7(16-18(3,13)14)6(9-10-8)5-15-17(2,11)12/h6-7H,4-5H2,1-3H3/t6-,7+/m1/s1. The summed E-state index contributed by atoms with van der Waals surface area (Å²) in [6, 6.07) is -1.05. The van der Waals surface area contributed by atoms with Crippen LogP contribution in [0.4, 0.5) is 0 Å². The first kappa shape index (κ1) is 17.1. The molecule has 0 aromatic carbocycles. The molecule has 0 spiro atoms. The number of hydrogen-bond donors (Lipinski definition) is 0. The fraction of sp³-hybridized carbons (Fsp3) is 1.00. The first-order valence-electron chi connectivity index (χ1n) is 4.86. The van der Waals surface area contributed by atoms with Crippen molar-refractivity contribution in [2.45, 2.75) is 25.5 Å². The lowest BCUT2D eigenvalue weighted by Crippen LogP contribution is -2.33. The Kier molecular flexibility index (Phi) is 6.57. The Bertz CT molecular complexity index is 507. The predicted octanol–water partition coefficient (Wildman–Crippen LogP) is 0.396. The molecule has 0 bridgehead atoms. The normalized spacial score (nSPS) is 15.7. The molecule has 0 unspecified atom stereocenters. The van der Waals surface area contributed by atoms with Crippen LogP contribution in [-0.2, 0) is 28.6 Å². The molecule has 0 fully saturated rings. The van der Waals surface area contributed by atoms with Crippen LogP contribution in [0.15, 0.2) is 5.11 Å². The molecule has 106 valence electrons. The van der Waals surface area contributed by atoms with E-state index >= 15 is 0 Å². The Morgan fingerprint density at radius 1 is 1.22 bits per heavy atom. The van der Waals surface area contributed by atoms with Crippen LogP contribution in [0.2, 0.25) is 0 Å². The Labute approximate surface area is 106 Å². The van der Waals surface area contributed by atoms with Gasteiger partial charge in [-0.25, -0.2) is 0 Å². The van der Waals surface area contributed by atoms with Gasteiger partial charge in [0.05, 0.1) is 31.3 Å². The van der Waals surface area contributed by atoms with Gasteiger partial charge in [0.1, 0.15) is 0 Å². The average molecular weight is 301 g/mol. The van der Waals surface area contributed by atoms with E-state index in [1.807, 2.05) is 0 Å². The fourth-order valence-electron chi connectivity index (χ4n) is 1.10. The molecule has 0 rings (SSSR count). The van der Waals surface area contributed by atoms with Crippen molar-refractivity contribution in [2.24, 2.45) is 5.11 Å². The van der Waals surface area contributed by atoms with Crippen LogP contribution < -0.4 is 0 Å². The molecule has 0 heterocycles. The molecule has 11 heteroatoms. The third kappa shape index (κ3) is 8.25. The zero-order chi connectivity index (χ0) is 14.4. The van der Waals surface area contributed by atoms with Crippen molar-refractivity contribution in [3.8, 4) is 0 Å². The van der Waals surface area contributed by atoms with Gasteiger partial charge in [-0.1, -0.05) is 12.0 Å². The zero-order valence-corrected chi connectivity index (χ0v) is 11.8.